The van der Waals surface area contributed by atoms with Gasteiger partial charge in [-0.05, 0) is 45.4 Å². The van der Waals surface area contributed by atoms with Gasteiger partial charge in [-0.1, -0.05) is 16.9 Å². The average molecular weight is 404 g/mol. The van der Waals surface area contributed by atoms with Crippen LogP contribution in [0.4, 0.5) is 5.82 Å². The number of thioether (sulfide) groups is 1. The maximum Gasteiger partial charge on any atom is 0.348 e. The minimum Gasteiger partial charge on any atom is -0.376 e. The summed E-state index contributed by atoms with van der Waals surface area (Å²) >= 11 is 1.31. The van der Waals surface area contributed by atoms with E-state index in [2.05, 4.69) is 15.5 Å². The average Bonchev–Trinajstić information content (AvgIpc) is 3.34. The summed E-state index contributed by atoms with van der Waals surface area (Å²) in [5.74, 6) is 0.993. The van der Waals surface area contributed by atoms with Crippen molar-refractivity contribution in [1.82, 2.24) is 14.7 Å². The molecule has 1 aliphatic carbocycles. The third-order valence-corrected chi connectivity index (χ3v) is 6.11. The highest BCUT2D eigenvalue weighted by atomic mass is 32.2. The lowest BCUT2D eigenvalue weighted by Gasteiger charge is -2.24. The molecule has 28 heavy (non-hydrogen) atoms. The Balaban J connectivity index is 1.49. The molecule has 1 fully saturated rings. The second-order valence-electron chi connectivity index (χ2n) is 7.24. The van der Waals surface area contributed by atoms with Gasteiger partial charge in [0.25, 0.3) is 0 Å². The number of carbonyl (C=O) groups is 1. The number of amides is 1. The number of nitrogens with zero attached hydrogens (tertiary/aromatic N) is 3. The van der Waals surface area contributed by atoms with E-state index in [9.17, 15) is 9.59 Å². The summed E-state index contributed by atoms with van der Waals surface area (Å²) in [4.78, 5) is 29.2. The van der Waals surface area contributed by atoms with E-state index in [0.29, 0.717) is 23.1 Å². The van der Waals surface area contributed by atoms with Crippen molar-refractivity contribution in [3.8, 4) is 0 Å². The van der Waals surface area contributed by atoms with Gasteiger partial charge >= 0.3 is 5.69 Å². The lowest BCUT2D eigenvalue weighted by molar-refractivity contribution is -0.113. The van der Waals surface area contributed by atoms with E-state index >= 15 is 0 Å². The topological polar surface area (TPSA) is 99.2 Å². The highest BCUT2D eigenvalue weighted by molar-refractivity contribution is 8.00. The first-order chi connectivity index (χ1) is 13.6. The molecule has 2 aliphatic rings. The zero-order valence-electron chi connectivity index (χ0n) is 15.9. The van der Waals surface area contributed by atoms with Crippen molar-refractivity contribution < 1.29 is 14.1 Å². The van der Waals surface area contributed by atoms with E-state index in [1.165, 1.54) is 11.8 Å². The molecule has 3 heterocycles. The predicted molar refractivity (Wildman–Crippen MR) is 105 cm³/mol. The van der Waals surface area contributed by atoms with Gasteiger partial charge in [0.1, 0.15) is 10.8 Å². The summed E-state index contributed by atoms with van der Waals surface area (Å²) in [6.07, 6.45) is 6.03. The van der Waals surface area contributed by atoms with Gasteiger partial charge in [0.05, 0.1) is 18.4 Å². The molecule has 1 atom stereocenters. The van der Waals surface area contributed by atoms with E-state index in [-0.39, 0.29) is 23.5 Å². The maximum absolute atomic E-state index is 12.7. The van der Waals surface area contributed by atoms with Crippen molar-refractivity contribution >= 4 is 23.5 Å². The van der Waals surface area contributed by atoms with Crippen LogP contribution >= 0.6 is 11.8 Å². The number of carbonyl (C=O) groups excluding carboxylic acids is 1. The Morgan fingerprint density at radius 2 is 2.21 bits per heavy atom. The molecule has 2 aromatic heterocycles. The van der Waals surface area contributed by atoms with Crippen LogP contribution in [0.2, 0.25) is 0 Å². The van der Waals surface area contributed by atoms with Gasteiger partial charge in [0.2, 0.25) is 5.91 Å². The lowest BCUT2D eigenvalue weighted by Crippen LogP contribution is -2.34. The molecular formula is C19H24N4O4S. The van der Waals surface area contributed by atoms with Gasteiger partial charge in [0.15, 0.2) is 5.82 Å². The number of fused-ring (bicyclic) bond motifs is 1. The summed E-state index contributed by atoms with van der Waals surface area (Å²) in [5, 5.41) is 7.13. The van der Waals surface area contributed by atoms with E-state index < -0.39 is 0 Å². The van der Waals surface area contributed by atoms with Gasteiger partial charge in [-0.2, -0.15) is 4.98 Å². The zero-order valence-corrected chi connectivity index (χ0v) is 16.7. The maximum atomic E-state index is 12.7. The summed E-state index contributed by atoms with van der Waals surface area (Å²) < 4.78 is 12.5. The molecule has 1 aliphatic heterocycles. The Labute approximate surface area is 167 Å². The van der Waals surface area contributed by atoms with Crippen molar-refractivity contribution in [2.24, 2.45) is 0 Å². The number of nitrogens with one attached hydrogen (secondary N) is 1. The molecule has 8 nitrogen and oxygen atoms in total. The normalized spacial score (nSPS) is 18.8. The van der Waals surface area contributed by atoms with Crippen LogP contribution in [-0.2, 0) is 28.9 Å². The van der Waals surface area contributed by atoms with Crippen LogP contribution in [0.5, 0.6) is 0 Å². The quantitative estimate of drug-likeness (QED) is 0.583. The van der Waals surface area contributed by atoms with Gasteiger partial charge in [0, 0.05) is 23.9 Å². The van der Waals surface area contributed by atoms with Crippen LogP contribution in [0.1, 0.15) is 42.7 Å². The molecule has 0 spiro atoms. The first kappa shape index (κ1) is 19.2. The number of anilines is 1. The first-order valence-corrected chi connectivity index (χ1v) is 10.7. The Kier molecular flexibility index (Phi) is 5.82. The Hall–Kier alpha value is -2.13. The van der Waals surface area contributed by atoms with Crippen molar-refractivity contribution in [2.75, 3.05) is 17.7 Å². The van der Waals surface area contributed by atoms with Crippen LogP contribution in [0.3, 0.4) is 0 Å². The smallest absolute Gasteiger partial charge is 0.348 e. The summed E-state index contributed by atoms with van der Waals surface area (Å²) in [6, 6.07) is 1.66. The lowest BCUT2D eigenvalue weighted by atomic mass is 9.97. The fraction of sp³-hybridized carbons (Fsp3) is 0.579. The summed E-state index contributed by atoms with van der Waals surface area (Å²) in [6.45, 7) is 3.10. The number of hydrogen-bond acceptors (Lipinski definition) is 7. The van der Waals surface area contributed by atoms with Gasteiger partial charge < -0.3 is 14.6 Å². The fourth-order valence-corrected chi connectivity index (χ4v) is 4.66. The Morgan fingerprint density at radius 3 is 2.96 bits per heavy atom. The zero-order chi connectivity index (χ0) is 19.5. The first-order valence-electron chi connectivity index (χ1n) is 9.70. The molecule has 1 N–H and O–H groups in total. The summed E-state index contributed by atoms with van der Waals surface area (Å²) in [7, 11) is 0. The van der Waals surface area contributed by atoms with Crippen molar-refractivity contribution in [3.05, 3.63) is 33.6 Å². The predicted octanol–water partition coefficient (Wildman–Crippen LogP) is 2.33. The van der Waals surface area contributed by atoms with Gasteiger partial charge in [-0.25, -0.2) is 4.79 Å². The van der Waals surface area contributed by atoms with Gasteiger partial charge in [-0.3, -0.25) is 9.36 Å². The van der Waals surface area contributed by atoms with Crippen LogP contribution in [0.25, 0.3) is 0 Å². The molecule has 1 saturated heterocycles. The van der Waals surface area contributed by atoms with E-state index in [1.807, 2.05) is 0 Å². The second-order valence-corrected chi connectivity index (χ2v) is 8.20. The number of rotatable bonds is 6. The molecule has 4 rings (SSSR count). The Morgan fingerprint density at radius 1 is 1.36 bits per heavy atom. The standard InChI is InChI=1S/C19H24N4O4S/c1-12-9-16(22-27-12)20-17(24)11-28-18-14-6-2-3-7-15(14)23(19(25)21-18)10-13-5-4-8-26-13/h9,13H,2-8,10-11H2,1H3,(H,20,22,24)/t13-/m1/s1. The number of hydrogen-bond donors (Lipinski definition) is 1. The molecule has 150 valence electrons. The minimum atomic E-state index is -0.244. The third kappa shape index (κ3) is 4.30. The second kappa shape index (κ2) is 8.48. The van der Waals surface area contributed by atoms with Crippen LogP contribution in [-0.4, -0.2) is 39.1 Å². The number of ether oxygens (including phenoxy) is 1. The van der Waals surface area contributed by atoms with Crippen LogP contribution in [0, 0.1) is 6.92 Å². The van der Waals surface area contributed by atoms with Crippen molar-refractivity contribution in [2.45, 2.75) is 63.1 Å². The molecule has 9 heteroatoms. The largest absolute Gasteiger partial charge is 0.376 e. The van der Waals surface area contributed by atoms with Crippen molar-refractivity contribution in [1.29, 1.82) is 0 Å². The SMILES string of the molecule is Cc1cc(NC(=O)CSc2nc(=O)n(C[C@H]3CCCO3)c3c2CCCC3)no1. The van der Waals surface area contributed by atoms with Gasteiger partial charge in [-0.15, -0.1) is 0 Å². The molecule has 1 amide bonds. The number of aromatic nitrogens is 3. The molecular weight excluding hydrogens is 380 g/mol. The molecule has 0 aromatic carbocycles. The monoisotopic (exact) mass is 404 g/mol. The molecule has 0 unspecified atom stereocenters. The fourth-order valence-electron chi connectivity index (χ4n) is 3.79. The van der Waals surface area contributed by atoms with Crippen LogP contribution in [0.15, 0.2) is 20.4 Å². The van der Waals surface area contributed by atoms with Crippen LogP contribution < -0.4 is 11.0 Å². The molecule has 0 radical (unpaired) electrons. The molecule has 0 bridgehead atoms. The highest BCUT2D eigenvalue weighted by Gasteiger charge is 2.24. The van der Waals surface area contributed by atoms with Crippen molar-refractivity contribution in [3.63, 3.8) is 0 Å². The highest BCUT2D eigenvalue weighted by Crippen LogP contribution is 2.29. The molecule has 2 aromatic rings. The minimum absolute atomic E-state index is 0.0979. The van der Waals surface area contributed by atoms with E-state index in [0.717, 1.165) is 56.4 Å². The van der Waals surface area contributed by atoms with E-state index in [1.54, 1.807) is 17.6 Å². The van der Waals surface area contributed by atoms with E-state index in [4.69, 9.17) is 9.26 Å². The number of aryl methyl sites for hydroxylation is 1. The molecule has 0 saturated carbocycles. The third-order valence-electron chi connectivity index (χ3n) is 5.10. The Bertz CT molecular complexity index is 917. The summed E-state index contributed by atoms with van der Waals surface area (Å²) in [5.41, 5.74) is 1.93.